The van der Waals surface area contributed by atoms with E-state index >= 15 is 0 Å². The smallest absolute Gasteiger partial charge is 0.322 e. The molecule has 0 aliphatic heterocycles. The summed E-state index contributed by atoms with van der Waals surface area (Å²) in [5.41, 5.74) is 0. The van der Waals surface area contributed by atoms with Gasteiger partial charge in [-0.1, -0.05) is 19.3 Å². The molecule has 7 heteroatoms. The highest BCUT2D eigenvalue weighted by molar-refractivity contribution is 5.36. The first kappa shape index (κ1) is 14.8. The monoisotopic (exact) mass is 281 g/mol. The maximum Gasteiger partial charge on any atom is 0.322 e. The van der Waals surface area contributed by atoms with Gasteiger partial charge < -0.3 is 20.5 Å². The van der Waals surface area contributed by atoms with Crippen LogP contribution >= 0.6 is 0 Å². The molecule has 1 saturated carbocycles. The van der Waals surface area contributed by atoms with Crippen LogP contribution in [0.25, 0.3) is 0 Å². The Morgan fingerprint density at radius 2 is 1.90 bits per heavy atom. The first-order valence-electron chi connectivity index (χ1n) is 7.21. The molecule has 3 N–H and O–H groups in total. The van der Waals surface area contributed by atoms with Crippen LogP contribution in [-0.2, 0) is 0 Å². The molecule has 1 aromatic heterocycles. The largest absolute Gasteiger partial charge is 0.467 e. The van der Waals surface area contributed by atoms with Crippen molar-refractivity contribution in [3.63, 3.8) is 0 Å². The summed E-state index contributed by atoms with van der Waals surface area (Å²) in [7, 11) is 1.52. The fourth-order valence-corrected chi connectivity index (χ4v) is 2.37. The Bertz CT molecular complexity index is 429. The third-order valence-corrected chi connectivity index (χ3v) is 3.43. The molecule has 1 aromatic rings. The summed E-state index contributed by atoms with van der Waals surface area (Å²) in [5, 5.41) is 16.4. The van der Waals surface area contributed by atoms with E-state index in [1.54, 1.807) is 0 Å². The Morgan fingerprint density at radius 1 is 1.15 bits per heavy atom. The van der Waals surface area contributed by atoms with Crippen molar-refractivity contribution in [2.45, 2.75) is 51.2 Å². The first-order chi connectivity index (χ1) is 9.72. The number of hydrogen-bond donors (Lipinski definition) is 3. The summed E-state index contributed by atoms with van der Waals surface area (Å²) >= 11 is 0. The van der Waals surface area contributed by atoms with E-state index in [9.17, 15) is 5.11 Å². The summed E-state index contributed by atoms with van der Waals surface area (Å²) < 4.78 is 5.08. The molecule has 1 heterocycles. The Balaban J connectivity index is 2.12. The predicted molar refractivity (Wildman–Crippen MR) is 77.0 cm³/mol. The van der Waals surface area contributed by atoms with Gasteiger partial charge in [0.2, 0.25) is 11.9 Å². The molecular formula is C13H23N5O2. The van der Waals surface area contributed by atoms with Crippen molar-refractivity contribution in [3.05, 3.63) is 0 Å². The summed E-state index contributed by atoms with van der Waals surface area (Å²) in [6.45, 7) is 2.69. The number of anilines is 2. The van der Waals surface area contributed by atoms with Gasteiger partial charge in [0.25, 0.3) is 0 Å². The number of aromatic nitrogens is 3. The topological polar surface area (TPSA) is 92.2 Å². The third-order valence-electron chi connectivity index (χ3n) is 3.43. The predicted octanol–water partition coefficient (Wildman–Crippen LogP) is 1.42. The van der Waals surface area contributed by atoms with E-state index < -0.39 is 0 Å². The van der Waals surface area contributed by atoms with Crippen LogP contribution in [0.4, 0.5) is 11.9 Å². The van der Waals surface area contributed by atoms with Crippen LogP contribution in [0.3, 0.4) is 0 Å². The zero-order chi connectivity index (χ0) is 14.4. The van der Waals surface area contributed by atoms with E-state index in [1.165, 1.54) is 13.5 Å². The van der Waals surface area contributed by atoms with Gasteiger partial charge in [-0.3, -0.25) is 0 Å². The maximum absolute atomic E-state index is 10.1. The van der Waals surface area contributed by atoms with Crippen molar-refractivity contribution in [1.82, 2.24) is 15.0 Å². The number of aliphatic hydroxyl groups excluding tert-OH is 1. The van der Waals surface area contributed by atoms with E-state index in [-0.39, 0.29) is 18.2 Å². The van der Waals surface area contributed by atoms with Crippen LogP contribution in [0.15, 0.2) is 0 Å². The van der Waals surface area contributed by atoms with Crippen LogP contribution in [-0.4, -0.2) is 45.9 Å². The minimum atomic E-state index is -0.358. The number of hydrogen-bond acceptors (Lipinski definition) is 7. The second kappa shape index (κ2) is 7.23. The molecule has 0 bridgehead atoms. The quantitative estimate of drug-likeness (QED) is 0.703. The van der Waals surface area contributed by atoms with Crippen molar-refractivity contribution in [2.24, 2.45) is 0 Å². The van der Waals surface area contributed by atoms with Gasteiger partial charge in [0.05, 0.1) is 19.3 Å². The van der Waals surface area contributed by atoms with Crippen molar-refractivity contribution in [3.8, 4) is 6.01 Å². The number of nitrogens with one attached hydrogen (secondary N) is 2. The molecule has 1 fully saturated rings. The zero-order valence-corrected chi connectivity index (χ0v) is 12.1. The summed E-state index contributed by atoms with van der Waals surface area (Å²) in [4.78, 5) is 12.6. The van der Waals surface area contributed by atoms with Crippen LogP contribution in [0.2, 0.25) is 0 Å². The highest BCUT2D eigenvalue weighted by Gasteiger charge is 2.22. The Kier molecular flexibility index (Phi) is 5.34. The van der Waals surface area contributed by atoms with Gasteiger partial charge >= 0.3 is 6.01 Å². The van der Waals surface area contributed by atoms with E-state index in [0.717, 1.165) is 32.2 Å². The molecule has 0 amide bonds. The van der Waals surface area contributed by atoms with Gasteiger partial charge in [-0.2, -0.15) is 15.0 Å². The van der Waals surface area contributed by atoms with Gasteiger partial charge in [0.1, 0.15) is 0 Å². The molecular weight excluding hydrogens is 258 g/mol. The highest BCUT2D eigenvalue weighted by Crippen LogP contribution is 2.21. The van der Waals surface area contributed by atoms with Crippen molar-refractivity contribution in [1.29, 1.82) is 0 Å². The van der Waals surface area contributed by atoms with Crippen LogP contribution in [0.5, 0.6) is 6.01 Å². The molecule has 0 spiro atoms. The molecule has 0 saturated heterocycles. The second-order valence-corrected chi connectivity index (χ2v) is 4.96. The lowest BCUT2D eigenvalue weighted by molar-refractivity contribution is 0.144. The van der Waals surface area contributed by atoms with Crippen molar-refractivity contribution >= 4 is 11.9 Å². The average Bonchev–Trinajstić information content (AvgIpc) is 2.64. The normalized spacial score (nSPS) is 22.9. The van der Waals surface area contributed by atoms with Crippen molar-refractivity contribution in [2.75, 3.05) is 24.3 Å². The van der Waals surface area contributed by atoms with Crippen LogP contribution in [0, 0.1) is 0 Å². The van der Waals surface area contributed by atoms with E-state index in [1.807, 2.05) is 6.92 Å². The fourth-order valence-electron chi connectivity index (χ4n) is 2.37. The van der Waals surface area contributed by atoms with E-state index in [2.05, 4.69) is 25.6 Å². The molecule has 0 aromatic carbocycles. The first-order valence-corrected chi connectivity index (χ1v) is 7.21. The summed E-state index contributed by atoms with van der Waals surface area (Å²) in [6.07, 6.45) is 4.73. The molecule has 7 nitrogen and oxygen atoms in total. The lowest BCUT2D eigenvalue weighted by atomic mass is 10.1. The maximum atomic E-state index is 10.1. The number of rotatable bonds is 5. The average molecular weight is 281 g/mol. The van der Waals surface area contributed by atoms with E-state index in [0.29, 0.717) is 11.9 Å². The Hall–Kier alpha value is -1.63. The van der Waals surface area contributed by atoms with Gasteiger partial charge in [0, 0.05) is 6.54 Å². The van der Waals surface area contributed by atoms with Crippen LogP contribution in [0.1, 0.15) is 39.0 Å². The van der Waals surface area contributed by atoms with Crippen LogP contribution < -0.4 is 15.4 Å². The molecule has 112 valence electrons. The minimum absolute atomic E-state index is 0.0147. The molecule has 2 atom stereocenters. The van der Waals surface area contributed by atoms with Gasteiger partial charge in [0.15, 0.2) is 0 Å². The minimum Gasteiger partial charge on any atom is -0.467 e. The number of ether oxygens (including phenoxy) is 1. The Morgan fingerprint density at radius 3 is 2.65 bits per heavy atom. The van der Waals surface area contributed by atoms with Gasteiger partial charge in [-0.15, -0.1) is 0 Å². The third kappa shape index (κ3) is 3.93. The van der Waals surface area contributed by atoms with Crippen molar-refractivity contribution < 1.29 is 9.84 Å². The summed E-state index contributed by atoms with van der Waals surface area (Å²) in [5.74, 6) is 0.920. The van der Waals surface area contributed by atoms with Gasteiger partial charge in [-0.25, -0.2) is 0 Å². The second-order valence-electron chi connectivity index (χ2n) is 4.96. The molecule has 2 unspecified atom stereocenters. The highest BCUT2D eigenvalue weighted by atomic mass is 16.5. The number of aliphatic hydroxyl groups is 1. The molecule has 1 aliphatic carbocycles. The number of methoxy groups -OCH3 is 1. The van der Waals surface area contributed by atoms with E-state index in [4.69, 9.17) is 4.74 Å². The molecule has 0 radical (unpaired) electrons. The molecule has 20 heavy (non-hydrogen) atoms. The van der Waals surface area contributed by atoms with Gasteiger partial charge in [-0.05, 0) is 19.8 Å². The lowest BCUT2D eigenvalue weighted by Gasteiger charge is -2.21. The zero-order valence-electron chi connectivity index (χ0n) is 12.1. The SMILES string of the molecule is CCNc1nc(NC2CCCCCC2O)nc(OC)n1. The summed E-state index contributed by atoms with van der Waals surface area (Å²) in [6, 6.07) is 0.251. The lowest BCUT2D eigenvalue weighted by Crippen LogP contribution is -2.33. The molecule has 1 aliphatic rings. The standard InChI is InChI=1S/C13H23N5O2/c1-3-14-11-16-12(18-13(17-11)20-2)15-9-7-5-4-6-8-10(9)19/h9-10,19H,3-8H2,1-2H3,(H2,14,15,16,17,18). The molecule has 2 rings (SSSR count). The number of nitrogens with zero attached hydrogens (tertiary/aromatic N) is 3. The Labute approximate surface area is 119 Å². The fraction of sp³-hybridized carbons (Fsp3) is 0.769.